The van der Waals surface area contributed by atoms with E-state index in [0.717, 1.165) is 37.4 Å². The van der Waals surface area contributed by atoms with Crippen LogP contribution in [-0.4, -0.2) is 31.1 Å². The lowest BCUT2D eigenvalue weighted by Crippen LogP contribution is -2.43. The van der Waals surface area contributed by atoms with Crippen molar-refractivity contribution >= 4 is 11.4 Å². The Morgan fingerprint density at radius 3 is 2.69 bits per heavy atom. The van der Waals surface area contributed by atoms with Crippen molar-refractivity contribution in [3.8, 4) is 0 Å². The number of nitrogens with zero attached hydrogens (tertiary/aromatic N) is 2. The van der Waals surface area contributed by atoms with E-state index in [1.165, 1.54) is 0 Å². The minimum atomic E-state index is -0.301. The van der Waals surface area contributed by atoms with Gasteiger partial charge in [-0.2, -0.15) is 0 Å². The molecule has 0 bridgehead atoms. The summed E-state index contributed by atoms with van der Waals surface area (Å²) in [5.41, 5.74) is 1.87. The van der Waals surface area contributed by atoms with Crippen LogP contribution in [0.25, 0.3) is 0 Å². The molecule has 5 nitrogen and oxygen atoms in total. The Kier molecular flexibility index (Phi) is 3.05. The standard InChI is InChI=1S/C11H15N3O2/c1-9-2-3-10(11(8-9)14(15)16)13-6-4-12-5-7-13/h2-3,8,12H,4-7H2,1H3. The molecule has 0 aliphatic carbocycles. The summed E-state index contributed by atoms with van der Waals surface area (Å²) in [6.45, 7) is 5.28. The molecular weight excluding hydrogens is 206 g/mol. The molecule has 1 fully saturated rings. The van der Waals surface area contributed by atoms with Crippen molar-refractivity contribution in [3.63, 3.8) is 0 Å². The fourth-order valence-electron chi connectivity index (χ4n) is 1.95. The topological polar surface area (TPSA) is 58.4 Å². The Bertz CT molecular complexity index is 400. The molecule has 2 rings (SSSR count). The number of nitrogens with one attached hydrogen (secondary N) is 1. The molecule has 0 radical (unpaired) electrons. The van der Waals surface area contributed by atoms with Crippen LogP contribution in [0.4, 0.5) is 11.4 Å². The van der Waals surface area contributed by atoms with Crippen molar-refractivity contribution in [2.45, 2.75) is 6.92 Å². The van der Waals surface area contributed by atoms with Crippen molar-refractivity contribution in [2.75, 3.05) is 31.1 Å². The van der Waals surface area contributed by atoms with Crippen LogP contribution in [-0.2, 0) is 0 Å². The van der Waals surface area contributed by atoms with Crippen LogP contribution >= 0.6 is 0 Å². The number of benzene rings is 1. The number of nitro groups is 1. The van der Waals surface area contributed by atoms with Gasteiger partial charge in [0, 0.05) is 32.2 Å². The van der Waals surface area contributed by atoms with Crippen molar-refractivity contribution in [1.82, 2.24) is 5.32 Å². The van der Waals surface area contributed by atoms with Crippen molar-refractivity contribution < 1.29 is 4.92 Å². The first-order chi connectivity index (χ1) is 7.68. The van der Waals surface area contributed by atoms with E-state index in [1.54, 1.807) is 6.07 Å². The second-order valence-electron chi connectivity index (χ2n) is 3.99. The van der Waals surface area contributed by atoms with Crippen LogP contribution in [0.15, 0.2) is 18.2 Å². The first-order valence-corrected chi connectivity index (χ1v) is 5.39. The Morgan fingerprint density at radius 1 is 1.38 bits per heavy atom. The van der Waals surface area contributed by atoms with Crippen molar-refractivity contribution in [2.24, 2.45) is 0 Å². The summed E-state index contributed by atoms with van der Waals surface area (Å²) < 4.78 is 0. The third-order valence-electron chi connectivity index (χ3n) is 2.79. The molecule has 0 atom stereocenters. The lowest BCUT2D eigenvalue weighted by atomic mass is 10.1. The molecule has 1 aromatic rings. The molecule has 1 aromatic carbocycles. The molecule has 1 aliphatic rings. The van der Waals surface area contributed by atoms with E-state index in [4.69, 9.17) is 0 Å². The first-order valence-electron chi connectivity index (χ1n) is 5.39. The van der Waals surface area contributed by atoms with E-state index < -0.39 is 0 Å². The van der Waals surface area contributed by atoms with Crippen LogP contribution in [0.1, 0.15) is 5.56 Å². The summed E-state index contributed by atoms with van der Waals surface area (Å²) in [6, 6.07) is 5.40. The third kappa shape index (κ3) is 2.14. The van der Waals surface area contributed by atoms with Gasteiger partial charge in [0.2, 0.25) is 0 Å². The largest absolute Gasteiger partial charge is 0.363 e. The van der Waals surface area contributed by atoms with Gasteiger partial charge in [-0.1, -0.05) is 6.07 Å². The van der Waals surface area contributed by atoms with Gasteiger partial charge in [0.25, 0.3) is 5.69 Å². The molecule has 0 spiro atoms. The highest BCUT2D eigenvalue weighted by molar-refractivity contribution is 5.64. The smallest absolute Gasteiger partial charge is 0.292 e. The fraction of sp³-hybridized carbons (Fsp3) is 0.455. The molecule has 0 saturated carbocycles. The molecule has 5 heteroatoms. The fourth-order valence-corrected chi connectivity index (χ4v) is 1.95. The van der Waals surface area contributed by atoms with Gasteiger partial charge in [-0.05, 0) is 18.6 Å². The zero-order valence-corrected chi connectivity index (χ0v) is 9.27. The van der Waals surface area contributed by atoms with Gasteiger partial charge >= 0.3 is 0 Å². The average Bonchev–Trinajstić information content (AvgIpc) is 2.30. The maximum absolute atomic E-state index is 11.0. The Hall–Kier alpha value is -1.62. The number of piperazine rings is 1. The quantitative estimate of drug-likeness (QED) is 0.604. The number of hydrogen-bond acceptors (Lipinski definition) is 4. The minimum Gasteiger partial charge on any atom is -0.363 e. The molecule has 86 valence electrons. The van der Waals surface area contributed by atoms with Gasteiger partial charge in [0.1, 0.15) is 5.69 Å². The van der Waals surface area contributed by atoms with Gasteiger partial charge in [-0.15, -0.1) is 0 Å². The molecule has 1 heterocycles. The summed E-state index contributed by atoms with van der Waals surface area (Å²) in [5, 5.41) is 14.2. The van der Waals surface area contributed by atoms with Crippen LogP contribution in [0.5, 0.6) is 0 Å². The Balaban J connectivity index is 2.34. The zero-order valence-electron chi connectivity index (χ0n) is 9.27. The number of hydrogen-bond donors (Lipinski definition) is 1. The van der Waals surface area contributed by atoms with E-state index >= 15 is 0 Å². The normalized spacial score (nSPS) is 16.2. The highest BCUT2D eigenvalue weighted by atomic mass is 16.6. The average molecular weight is 221 g/mol. The molecular formula is C11H15N3O2. The van der Waals surface area contributed by atoms with Gasteiger partial charge in [0.05, 0.1) is 4.92 Å². The van der Waals surface area contributed by atoms with Gasteiger partial charge in [0.15, 0.2) is 0 Å². The summed E-state index contributed by atoms with van der Waals surface area (Å²) in [5.74, 6) is 0. The second-order valence-corrected chi connectivity index (χ2v) is 3.99. The van der Waals surface area contributed by atoms with Crippen LogP contribution in [0, 0.1) is 17.0 Å². The lowest BCUT2D eigenvalue weighted by Gasteiger charge is -2.29. The summed E-state index contributed by atoms with van der Waals surface area (Å²) in [6.07, 6.45) is 0. The molecule has 0 amide bonds. The summed E-state index contributed by atoms with van der Waals surface area (Å²) >= 11 is 0. The molecule has 1 N–H and O–H groups in total. The molecule has 0 unspecified atom stereocenters. The monoisotopic (exact) mass is 221 g/mol. The zero-order chi connectivity index (χ0) is 11.5. The second kappa shape index (κ2) is 4.49. The maximum atomic E-state index is 11.0. The predicted octanol–water partition coefficient (Wildman–Crippen LogP) is 1.31. The van der Waals surface area contributed by atoms with Crippen LogP contribution in [0.3, 0.4) is 0 Å². The van der Waals surface area contributed by atoms with Gasteiger partial charge < -0.3 is 10.2 Å². The van der Waals surface area contributed by atoms with Crippen LogP contribution < -0.4 is 10.2 Å². The number of rotatable bonds is 2. The number of nitro benzene ring substituents is 1. The van der Waals surface area contributed by atoms with E-state index in [2.05, 4.69) is 10.2 Å². The van der Waals surface area contributed by atoms with Crippen molar-refractivity contribution in [1.29, 1.82) is 0 Å². The predicted molar refractivity (Wildman–Crippen MR) is 62.9 cm³/mol. The van der Waals surface area contributed by atoms with Gasteiger partial charge in [-0.25, -0.2) is 0 Å². The minimum absolute atomic E-state index is 0.210. The highest BCUT2D eigenvalue weighted by Crippen LogP contribution is 2.29. The van der Waals surface area contributed by atoms with E-state index in [-0.39, 0.29) is 10.6 Å². The molecule has 1 aliphatic heterocycles. The summed E-state index contributed by atoms with van der Waals surface area (Å²) in [7, 11) is 0. The third-order valence-corrected chi connectivity index (χ3v) is 2.79. The van der Waals surface area contributed by atoms with Gasteiger partial charge in [-0.3, -0.25) is 10.1 Å². The van der Waals surface area contributed by atoms with Crippen LogP contribution in [0.2, 0.25) is 0 Å². The van der Waals surface area contributed by atoms with Crippen molar-refractivity contribution in [3.05, 3.63) is 33.9 Å². The molecule has 1 saturated heterocycles. The van der Waals surface area contributed by atoms with E-state index in [1.807, 2.05) is 19.1 Å². The Labute approximate surface area is 94.2 Å². The lowest BCUT2D eigenvalue weighted by molar-refractivity contribution is -0.384. The number of aryl methyl sites for hydroxylation is 1. The van der Waals surface area contributed by atoms with E-state index in [0.29, 0.717) is 0 Å². The maximum Gasteiger partial charge on any atom is 0.292 e. The molecule has 16 heavy (non-hydrogen) atoms. The number of anilines is 1. The highest BCUT2D eigenvalue weighted by Gasteiger charge is 2.20. The first kappa shape index (κ1) is 10.9. The summed E-state index contributed by atoms with van der Waals surface area (Å²) in [4.78, 5) is 12.7. The van der Waals surface area contributed by atoms with E-state index in [9.17, 15) is 10.1 Å². The molecule has 0 aromatic heterocycles. The SMILES string of the molecule is Cc1ccc(N2CCNCC2)c([N+](=O)[O-])c1. The Morgan fingerprint density at radius 2 is 2.06 bits per heavy atom.